The second-order valence-electron chi connectivity index (χ2n) is 7.28. The number of nitro benzene ring substituents is 1. The van der Waals surface area contributed by atoms with Gasteiger partial charge in [0.05, 0.1) is 22.6 Å². The molecule has 35 heavy (non-hydrogen) atoms. The number of carbonyl (C=O) groups is 2. The van der Waals surface area contributed by atoms with Crippen LogP contribution in [0.15, 0.2) is 52.6 Å². The number of nitro groups is 1. The summed E-state index contributed by atoms with van der Waals surface area (Å²) in [5.74, 6) is -2.09. The van der Waals surface area contributed by atoms with Crippen molar-refractivity contribution in [3.63, 3.8) is 0 Å². The second-order valence-corrected chi connectivity index (χ2v) is 8.16. The minimum atomic E-state index is -0.798. The maximum atomic E-state index is 13.8. The molecule has 0 aliphatic rings. The third kappa shape index (κ3) is 4.38. The number of nitrogens with zero attached hydrogens (tertiary/aromatic N) is 3. The molecule has 1 N–H and O–H groups in total. The largest absolute Gasteiger partial charge is 0.461 e. The quantitative estimate of drug-likeness (QED) is 0.240. The Labute approximate surface area is 200 Å². The molecule has 0 bridgehead atoms. The van der Waals surface area contributed by atoms with Crippen LogP contribution in [0.5, 0.6) is 0 Å². The van der Waals surface area contributed by atoms with Crippen LogP contribution in [0, 0.1) is 22.9 Å². The van der Waals surface area contributed by atoms with Gasteiger partial charge in [0.15, 0.2) is 5.69 Å². The minimum Gasteiger partial charge on any atom is -0.461 e. The Kier molecular flexibility index (Phi) is 6.38. The first-order valence-electron chi connectivity index (χ1n) is 10.3. The van der Waals surface area contributed by atoms with Crippen molar-refractivity contribution in [2.75, 3.05) is 11.9 Å². The molecule has 0 atom stereocenters. The van der Waals surface area contributed by atoms with Crippen LogP contribution < -0.4 is 10.9 Å². The van der Waals surface area contributed by atoms with Crippen LogP contribution in [0.25, 0.3) is 16.5 Å². The third-order valence-electron chi connectivity index (χ3n) is 5.15. The van der Waals surface area contributed by atoms with Gasteiger partial charge in [0.25, 0.3) is 17.2 Å². The lowest BCUT2D eigenvalue weighted by Crippen LogP contribution is -2.25. The molecule has 4 aromatic rings. The van der Waals surface area contributed by atoms with Crippen molar-refractivity contribution in [3.8, 4) is 5.69 Å². The number of amides is 1. The van der Waals surface area contributed by atoms with Gasteiger partial charge >= 0.3 is 5.97 Å². The number of hydrogen-bond acceptors (Lipinski definition) is 8. The monoisotopic (exact) mass is 496 g/mol. The smallest absolute Gasteiger partial charge is 0.359 e. The predicted molar refractivity (Wildman–Crippen MR) is 127 cm³/mol. The summed E-state index contributed by atoms with van der Waals surface area (Å²) < 4.78 is 19.8. The van der Waals surface area contributed by atoms with Gasteiger partial charge in [0, 0.05) is 28.0 Å². The Morgan fingerprint density at radius 3 is 2.69 bits per heavy atom. The topological polar surface area (TPSA) is 133 Å². The van der Waals surface area contributed by atoms with Crippen molar-refractivity contribution in [1.82, 2.24) is 9.78 Å². The number of fused-ring (bicyclic) bond motifs is 1. The highest BCUT2D eigenvalue weighted by atomic mass is 32.1. The maximum Gasteiger partial charge on any atom is 0.359 e. The normalized spacial score (nSPS) is 10.8. The number of esters is 1. The number of halogens is 1. The van der Waals surface area contributed by atoms with E-state index in [1.54, 1.807) is 6.92 Å². The predicted octanol–water partition coefficient (Wildman–Crippen LogP) is 4.23. The molecular formula is C23H17FN4O6S. The summed E-state index contributed by atoms with van der Waals surface area (Å²) in [4.78, 5) is 49.6. The molecule has 0 fully saturated rings. The van der Waals surface area contributed by atoms with Gasteiger partial charge < -0.3 is 10.1 Å². The summed E-state index contributed by atoms with van der Waals surface area (Å²) in [6.07, 6.45) is 0. The first kappa shape index (κ1) is 23.7. The van der Waals surface area contributed by atoms with E-state index in [9.17, 15) is 28.9 Å². The maximum absolute atomic E-state index is 13.8. The highest BCUT2D eigenvalue weighted by Gasteiger charge is 2.24. The van der Waals surface area contributed by atoms with Crippen LogP contribution in [0.4, 0.5) is 15.1 Å². The molecule has 0 aliphatic carbocycles. The molecule has 2 aromatic carbocycles. The van der Waals surface area contributed by atoms with Crippen LogP contribution >= 0.6 is 11.3 Å². The van der Waals surface area contributed by atoms with Crippen LogP contribution in [0.3, 0.4) is 0 Å². The fraction of sp³-hybridized carbons (Fsp3) is 0.130. The van der Waals surface area contributed by atoms with E-state index >= 15 is 0 Å². The number of aromatic nitrogens is 2. The van der Waals surface area contributed by atoms with Gasteiger partial charge in [-0.1, -0.05) is 12.1 Å². The number of thiophene rings is 1. The zero-order valence-corrected chi connectivity index (χ0v) is 19.2. The fourth-order valence-corrected chi connectivity index (χ4v) is 4.44. The molecule has 0 saturated carbocycles. The van der Waals surface area contributed by atoms with E-state index in [1.807, 2.05) is 0 Å². The molecule has 1 amide bonds. The third-order valence-corrected chi connectivity index (χ3v) is 6.04. The molecule has 10 nitrogen and oxygen atoms in total. The van der Waals surface area contributed by atoms with Crippen molar-refractivity contribution in [2.24, 2.45) is 0 Å². The van der Waals surface area contributed by atoms with Crippen molar-refractivity contribution < 1.29 is 23.6 Å². The summed E-state index contributed by atoms with van der Waals surface area (Å²) in [7, 11) is 0. The van der Waals surface area contributed by atoms with Crippen molar-refractivity contribution in [1.29, 1.82) is 0 Å². The number of anilines is 1. The number of benzene rings is 2. The zero-order valence-electron chi connectivity index (χ0n) is 18.4. The van der Waals surface area contributed by atoms with Gasteiger partial charge in [0.1, 0.15) is 10.8 Å². The molecule has 0 radical (unpaired) electrons. The average molecular weight is 496 g/mol. The van der Waals surface area contributed by atoms with Crippen LogP contribution in [0.2, 0.25) is 0 Å². The van der Waals surface area contributed by atoms with Gasteiger partial charge in [-0.3, -0.25) is 19.7 Å². The van der Waals surface area contributed by atoms with E-state index in [0.717, 1.165) is 22.1 Å². The van der Waals surface area contributed by atoms with Crippen molar-refractivity contribution in [3.05, 3.63) is 91.0 Å². The number of carbonyl (C=O) groups excluding carboxylic acids is 2. The van der Waals surface area contributed by atoms with E-state index < -0.39 is 28.2 Å². The van der Waals surface area contributed by atoms with Crippen LogP contribution in [0.1, 0.15) is 33.3 Å². The van der Waals surface area contributed by atoms with Crippen LogP contribution in [-0.2, 0) is 4.74 Å². The minimum absolute atomic E-state index is 0.0336. The number of rotatable bonds is 6. The summed E-state index contributed by atoms with van der Waals surface area (Å²) in [5, 5.41) is 19.6. The molecule has 2 heterocycles. The Bertz CT molecular complexity index is 1560. The first-order chi connectivity index (χ1) is 16.7. The lowest BCUT2D eigenvalue weighted by Gasteiger charge is -2.10. The zero-order chi connectivity index (χ0) is 25.3. The Morgan fingerprint density at radius 2 is 2.00 bits per heavy atom. The average Bonchev–Trinajstić information content (AvgIpc) is 3.23. The molecule has 178 valence electrons. The van der Waals surface area contributed by atoms with Gasteiger partial charge in [-0.05, 0) is 38.1 Å². The van der Waals surface area contributed by atoms with Crippen molar-refractivity contribution in [2.45, 2.75) is 13.8 Å². The standard InChI is InChI=1S/C23H17FN4O6S/c1-3-34-23(31)19-16-11-35-21(25-20(29)15-8-5-9-17(12(15)2)28(32)33)18(16)22(30)27(26-19)14-7-4-6-13(24)10-14/h4-11H,3H2,1-2H3,(H,25,29). The van der Waals surface area contributed by atoms with E-state index in [2.05, 4.69) is 10.4 Å². The lowest BCUT2D eigenvalue weighted by atomic mass is 10.1. The van der Waals surface area contributed by atoms with E-state index in [4.69, 9.17) is 4.74 Å². The Morgan fingerprint density at radius 1 is 1.26 bits per heavy atom. The van der Waals surface area contributed by atoms with Gasteiger partial charge in [-0.15, -0.1) is 11.3 Å². The summed E-state index contributed by atoms with van der Waals surface area (Å²) in [6.45, 7) is 3.11. The van der Waals surface area contributed by atoms with Crippen molar-refractivity contribution >= 4 is 44.7 Å². The lowest BCUT2D eigenvalue weighted by molar-refractivity contribution is -0.385. The molecular weight excluding hydrogens is 479 g/mol. The molecule has 2 aromatic heterocycles. The molecule has 0 spiro atoms. The number of nitrogens with one attached hydrogen (secondary N) is 1. The van der Waals surface area contributed by atoms with Gasteiger partial charge in [0.2, 0.25) is 0 Å². The van der Waals surface area contributed by atoms with Gasteiger partial charge in [-0.25, -0.2) is 9.18 Å². The molecule has 0 unspecified atom stereocenters. The summed E-state index contributed by atoms with van der Waals surface area (Å²) >= 11 is 0.972. The summed E-state index contributed by atoms with van der Waals surface area (Å²) in [5.41, 5.74) is -0.843. The second kappa shape index (κ2) is 9.43. The van der Waals surface area contributed by atoms with E-state index in [1.165, 1.54) is 48.7 Å². The molecule has 0 aliphatic heterocycles. The number of hydrogen-bond donors (Lipinski definition) is 1. The molecule has 0 saturated heterocycles. The van der Waals surface area contributed by atoms with E-state index in [-0.39, 0.29) is 50.6 Å². The number of ether oxygens (including phenoxy) is 1. The fourth-order valence-electron chi connectivity index (χ4n) is 3.51. The van der Waals surface area contributed by atoms with E-state index in [0.29, 0.717) is 0 Å². The first-order valence-corrected chi connectivity index (χ1v) is 11.1. The Hall–Kier alpha value is -4.45. The SMILES string of the molecule is CCOC(=O)c1nn(-c2cccc(F)c2)c(=O)c2c(NC(=O)c3cccc([N+](=O)[O-])c3C)scc12. The molecule has 4 rings (SSSR count). The highest BCUT2D eigenvalue weighted by Crippen LogP contribution is 2.32. The molecule has 12 heteroatoms. The van der Waals surface area contributed by atoms with Crippen LogP contribution in [-0.4, -0.2) is 33.2 Å². The Balaban J connectivity index is 1.88. The highest BCUT2D eigenvalue weighted by molar-refractivity contribution is 7.16. The van der Waals surface area contributed by atoms with Gasteiger partial charge in [-0.2, -0.15) is 9.78 Å². The summed E-state index contributed by atoms with van der Waals surface area (Å²) in [6, 6.07) is 9.17.